The minimum Gasteiger partial charge on any atom is -0.352 e. The molecule has 2 nitrogen and oxygen atoms in total. The van der Waals surface area contributed by atoms with E-state index in [-0.39, 0.29) is 23.1 Å². The second kappa shape index (κ2) is 6.57. The Hall–Kier alpha value is -1.10. The molecule has 4 saturated carbocycles. The van der Waals surface area contributed by atoms with Crippen molar-refractivity contribution in [3.63, 3.8) is 0 Å². The molecule has 136 valence electrons. The van der Waals surface area contributed by atoms with Crippen molar-refractivity contribution in [2.24, 2.45) is 23.2 Å². The summed E-state index contributed by atoms with van der Waals surface area (Å²) in [7, 11) is 0. The number of carbonyl (C=O) groups excluding carboxylic acids is 1. The average Bonchev–Trinajstić information content (AvgIpc) is 2.54. The minimum absolute atomic E-state index is 0.0158. The van der Waals surface area contributed by atoms with Gasteiger partial charge in [0.15, 0.2) is 11.6 Å². The van der Waals surface area contributed by atoms with Gasteiger partial charge in [-0.1, -0.05) is 0 Å². The van der Waals surface area contributed by atoms with Gasteiger partial charge < -0.3 is 5.32 Å². The highest BCUT2D eigenvalue weighted by Gasteiger charge is 2.53. The number of hydrogen-bond acceptors (Lipinski definition) is 2. The normalized spacial score (nSPS) is 34.1. The van der Waals surface area contributed by atoms with Crippen LogP contribution in [0.3, 0.4) is 0 Å². The van der Waals surface area contributed by atoms with Gasteiger partial charge in [0, 0.05) is 10.9 Å². The Morgan fingerprint density at radius 3 is 2.32 bits per heavy atom. The van der Waals surface area contributed by atoms with Crippen LogP contribution in [0.4, 0.5) is 8.78 Å². The van der Waals surface area contributed by atoms with Crippen LogP contribution in [0.1, 0.15) is 45.4 Å². The predicted molar refractivity (Wildman–Crippen MR) is 95.3 cm³/mol. The molecule has 0 aliphatic heterocycles. The average molecular weight is 365 g/mol. The fourth-order valence-electron chi connectivity index (χ4n) is 5.86. The Kier molecular flexibility index (Phi) is 4.55. The van der Waals surface area contributed by atoms with E-state index in [0.717, 1.165) is 29.9 Å². The first kappa shape index (κ1) is 17.3. The van der Waals surface area contributed by atoms with Crippen LogP contribution in [0.25, 0.3) is 0 Å². The molecule has 1 unspecified atom stereocenters. The molecule has 4 bridgehead atoms. The number of thioether (sulfide) groups is 1. The number of halogens is 2. The number of carbonyl (C=O) groups is 1. The highest BCUT2D eigenvalue weighted by atomic mass is 32.2. The third kappa shape index (κ3) is 3.44. The van der Waals surface area contributed by atoms with Gasteiger partial charge in [-0.05, 0) is 86.8 Å². The molecule has 1 aromatic rings. The number of hydrogen-bond donors (Lipinski definition) is 1. The number of benzene rings is 1. The molecule has 1 N–H and O–H groups in total. The van der Waals surface area contributed by atoms with Crippen LogP contribution >= 0.6 is 11.8 Å². The topological polar surface area (TPSA) is 29.1 Å². The largest absolute Gasteiger partial charge is 0.352 e. The lowest BCUT2D eigenvalue weighted by atomic mass is 9.48. The standard InChI is InChI=1S/C20H25F2NOS/c1-12(20-8-13-4-14(9-20)6-15(5-13)10-20)23-19(24)11-25-16-2-3-17(21)18(22)7-16/h2-3,7,12-15H,4-6,8-11H2,1H3,(H,23,24). The second-order valence-electron chi connectivity index (χ2n) is 8.43. The van der Waals surface area contributed by atoms with E-state index in [9.17, 15) is 13.6 Å². The second-order valence-corrected chi connectivity index (χ2v) is 9.48. The van der Waals surface area contributed by atoms with Crippen molar-refractivity contribution in [3.8, 4) is 0 Å². The van der Waals surface area contributed by atoms with Crippen LogP contribution < -0.4 is 5.32 Å². The van der Waals surface area contributed by atoms with Gasteiger partial charge in [-0.2, -0.15) is 0 Å². The molecule has 1 aromatic carbocycles. The molecule has 25 heavy (non-hydrogen) atoms. The molecular formula is C20H25F2NOS. The maximum absolute atomic E-state index is 13.2. The van der Waals surface area contributed by atoms with E-state index in [1.165, 1.54) is 56.4 Å². The lowest BCUT2D eigenvalue weighted by Crippen LogP contribution is -2.56. The summed E-state index contributed by atoms with van der Waals surface area (Å²) in [6.45, 7) is 2.16. The van der Waals surface area contributed by atoms with Crippen molar-refractivity contribution in [2.45, 2.75) is 56.4 Å². The van der Waals surface area contributed by atoms with E-state index in [1.807, 2.05) is 0 Å². The van der Waals surface area contributed by atoms with Crippen molar-refractivity contribution < 1.29 is 13.6 Å². The molecule has 1 amide bonds. The molecule has 4 aliphatic rings. The monoisotopic (exact) mass is 365 g/mol. The highest BCUT2D eigenvalue weighted by Crippen LogP contribution is 2.61. The Balaban J connectivity index is 1.34. The van der Waals surface area contributed by atoms with Gasteiger partial charge in [-0.3, -0.25) is 4.79 Å². The number of rotatable bonds is 5. The Morgan fingerprint density at radius 2 is 1.76 bits per heavy atom. The molecular weight excluding hydrogens is 340 g/mol. The van der Waals surface area contributed by atoms with Gasteiger partial charge in [-0.15, -0.1) is 11.8 Å². The molecule has 0 spiro atoms. The molecule has 0 aromatic heterocycles. The third-order valence-corrected chi connectivity index (χ3v) is 7.64. The Bertz CT molecular complexity index is 642. The summed E-state index contributed by atoms with van der Waals surface area (Å²) < 4.78 is 26.2. The van der Waals surface area contributed by atoms with Gasteiger partial charge in [-0.25, -0.2) is 8.78 Å². The van der Waals surface area contributed by atoms with Crippen molar-refractivity contribution in [1.29, 1.82) is 0 Å². The molecule has 4 fully saturated rings. The van der Waals surface area contributed by atoms with E-state index in [2.05, 4.69) is 12.2 Å². The summed E-state index contributed by atoms with van der Waals surface area (Å²) in [5, 5.41) is 3.21. The molecule has 0 saturated heterocycles. The molecule has 4 aliphatic carbocycles. The van der Waals surface area contributed by atoms with E-state index < -0.39 is 11.6 Å². The van der Waals surface area contributed by atoms with Gasteiger partial charge >= 0.3 is 0 Å². The van der Waals surface area contributed by atoms with Crippen LogP contribution in [-0.4, -0.2) is 17.7 Å². The van der Waals surface area contributed by atoms with Gasteiger partial charge in [0.2, 0.25) is 5.91 Å². The summed E-state index contributed by atoms with van der Waals surface area (Å²) >= 11 is 1.25. The van der Waals surface area contributed by atoms with E-state index in [4.69, 9.17) is 0 Å². The fourth-order valence-corrected chi connectivity index (χ4v) is 6.59. The van der Waals surface area contributed by atoms with Crippen molar-refractivity contribution >= 4 is 17.7 Å². The van der Waals surface area contributed by atoms with Crippen molar-refractivity contribution in [1.82, 2.24) is 5.32 Å². The SMILES string of the molecule is CC(NC(=O)CSc1ccc(F)c(F)c1)C12CC3CC(CC(C3)C1)C2. The first-order chi connectivity index (χ1) is 11.9. The predicted octanol–water partition coefficient (Wildman–Crippen LogP) is 4.78. The molecule has 0 heterocycles. The fraction of sp³-hybridized carbons (Fsp3) is 0.650. The molecule has 5 rings (SSSR count). The van der Waals surface area contributed by atoms with Crippen molar-refractivity contribution in [2.75, 3.05) is 5.75 Å². The number of nitrogens with one attached hydrogen (secondary N) is 1. The first-order valence-corrected chi connectivity index (χ1v) is 10.3. The smallest absolute Gasteiger partial charge is 0.230 e. The van der Waals surface area contributed by atoms with E-state index in [0.29, 0.717) is 4.90 Å². The zero-order chi connectivity index (χ0) is 17.6. The molecule has 1 atom stereocenters. The van der Waals surface area contributed by atoms with Gasteiger partial charge in [0.1, 0.15) is 0 Å². The molecule has 5 heteroatoms. The quantitative estimate of drug-likeness (QED) is 0.761. The third-order valence-electron chi connectivity index (χ3n) is 6.64. The Labute approximate surface area is 152 Å². The summed E-state index contributed by atoms with van der Waals surface area (Å²) in [5.74, 6) is 1.09. The number of amides is 1. The first-order valence-electron chi connectivity index (χ1n) is 9.31. The lowest BCUT2D eigenvalue weighted by Gasteiger charge is -2.59. The van der Waals surface area contributed by atoms with Crippen molar-refractivity contribution in [3.05, 3.63) is 29.8 Å². The van der Waals surface area contributed by atoms with Gasteiger partial charge in [0.05, 0.1) is 5.75 Å². The highest BCUT2D eigenvalue weighted by molar-refractivity contribution is 8.00. The lowest BCUT2D eigenvalue weighted by molar-refractivity contribution is -0.123. The zero-order valence-corrected chi connectivity index (χ0v) is 15.4. The Morgan fingerprint density at radius 1 is 1.16 bits per heavy atom. The minimum atomic E-state index is -0.868. The van der Waals surface area contributed by atoms with Crippen LogP contribution in [0.5, 0.6) is 0 Å². The van der Waals surface area contributed by atoms with Crippen LogP contribution in [0, 0.1) is 34.8 Å². The summed E-state index contributed by atoms with van der Waals surface area (Å²) in [6.07, 6.45) is 7.97. The zero-order valence-electron chi connectivity index (χ0n) is 14.6. The summed E-state index contributed by atoms with van der Waals surface area (Å²) in [4.78, 5) is 13.0. The summed E-state index contributed by atoms with van der Waals surface area (Å²) in [5.41, 5.74) is 0.289. The van der Waals surface area contributed by atoms with Crippen LogP contribution in [0.2, 0.25) is 0 Å². The van der Waals surface area contributed by atoms with Gasteiger partial charge in [0.25, 0.3) is 0 Å². The maximum Gasteiger partial charge on any atom is 0.230 e. The maximum atomic E-state index is 13.2. The summed E-state index contributed by atoms with van der Waals surface area (Å²) in [6, 6.07) is 3.96. The van der Waals surface area contributed by atoms with E-state index >= 15 is 0 Å². The molecule has 0 radical (unpaired) electrons. The van der Waals surface area contributed by atoms with E-state index in [1.54, 1.807) is 0 Å². The van der Waals surface area contributed by atoms with Crippen LogP contribution in [-0.2, 0) is 4.79 Å². The van der Waals surface area contributed by atoms with Crippen LogP contribution in [0.15, 0.2) is 23.1 Å².